The van der Waals surface area contributed by atoms with Gasteiger partial charge in [0, 0.05) is 18.6 Å². The second kappa shape index (κ2) is 3.56. The molecule has 1 saturated heterocycles. The Balaban J connectivity index is 0.000000810. The van der Waals surface area contributed by atoms with E-state index in [4.69, 9.17) is 5.11 Å². The molecule has 0 saturated carbocycles. The first-order valence-electron chi connectivity index (χ1n) is 3.50. The molecule has 62 valence electrons. The molecule has 1 aliphatic heterocycles. The molecule has 1 rings (SSSR count). The van der Waals surface area contributed by atoms with Gasteiger partial charge in [-0.25, -0.2) is 0 Å². The standard InChI is InChI=1S/C7H15NO.ClH/c1-6-3-8-4-7(6,2)5-9;/h6,8-9H,3-5H2,1-2H3;1H/t6-,7+;/m0./s1. The molecule has 0 aromatic heterocycles. The lowest BCUT2D eigenvalue weighted by atomic mass is 9.82. The second-order valence-corrected chi connectivity index (χ2v) is 3.34. The van der Waals surface area contributed by atoms with Crippen LogP contribution in [0.1, 0.15) is 13.8 Å². The average Bonchev–Trinajstić information content (AvgIpc) is 2.15. The van der Waals surface area contributed by atoms with Crippen molar-refractivity contribution in [3.63, 3.8) is 0 Å². The van der Waals surface area contributed by atoms with Crippen LogP contribution in [0.4, 0.5) is 0 Å². The van der Waals surface area contributed by atoms with Gasteiger partial charge in [-0.3, -0.25) is 0 Å². The predicted octanol–water partition coefficient (Wildman–Crippen LogP) is 0.646. The Morgan fingerprint density at radius 1 is 1.70 bits per heavy atom. The van der Waals surface area contributed by atoms with E-state index in [2.05, 4.69) is 19.2 Å². The van der Waals surface area contributed by atoms with Gasteiger partial charge in [0.1, 0.15) is 0 Å². The molecular formula is C7H16ClNO. The van der Waals surface area contributed by atoms with Crippen LogP contribution >= 0.6 is 12.4 Å². The van der Waals surface area contributed by atoms with Crippen molar-refractivity contribution < 1.29 is 5.11 Å². The number of aliphatic hydroxyl groups excluding tert-OH is 1. The van der Waals surface area contributed by atoms with Gasteiger partial charge < -0.3 is 10.4 Å². The highest BCUT2D eigenvalue weighted by Crippen LogP contribution is 2.29. The van der Waals surface area contributed by atoms with Crippen LogP contribution in [-0.2, 0) is 0 Å². The number of hydrogen-bond acceptors (Lipinski definition) is 2. The van der Waals surface area contributed by atoms with Crippen molar-refractivity contribution in [2.24, 2.45) is 11.3 Å². The van der Waals surface area contributed by atoms with E-state index < -0.39 is 0 Å². The van der Waals surface area contributed by atoms with Gasteiger partial charge in [0.05, 0.1) is 0 Å². The van der Waals surface area contributed by atoms with E-state index in [1.165, 1.54) is 0 Å². The summed E-state index contributed by atoms with van der Waals surface area (Å²) in [6, 6.07) is 0. The molecule has 0 aliphatic carbocycles. The van der Waals surface area contributed by atoms with Gasteiger partial charge in [-0.2, -0.15) is 0 Å². The zero-order valence-corrected chi connectivity index (χ0v) is 7.37. The van der Waals surface area contributed by atoms with Gasteiger partial charge in [0.15, 0.2) is 0 Å². The number of halogens is 1. The third-order valence-corrected chi connectivity index (χ3v) is 2.53. The van der Waals surface area contributed by atoms with Crippen LogP contribution in [0.3, 0.4) is 0 Å². The number of aliphatic hydroxyl groups is 1. The average molecular weight is 166 g/mol. The summed E-state index contributed by atoms with van der Waals surface area (Å²) in [6.07, 6.45) is 0. The van der Waals surface area contributed by atoms with Crippen molar-refractivity contribution in [2.45, 2.75) is 13.8 Å². The smallest absolute Gasteiger partial charge is 0.0499 e. The van der Waals surface area contributed by atoms with Gasteiger partial charge in [-0.05, 0) is 12.5 Å². The molecule has 2 N–H and O–H groups in total. The fourth-order valence-electron chi connectivity index (χ4n) is 1.21. The quantitative estimate of drug-likeness (QED) is 0.598. The van der Waals surface area contributed by atoms with E-state index >= 15 is 0 Å². The van der Waals surface area contributed by atoms with Gasteiger partial charge >= 0.3 is 0 Å². The zero-order valence-electron chi connectivity index (χ0n) is 6.55. The number of hydrogen-bond donors (Lipinski definition) is 2. The summed E-state index contributed by atoms with van der Waals surface area (Å²) in [7, 11) is 0. The minimum absolute atomic E-state index is 0. The molecule has 0 spiro atoms. The molecule has 0 aromatic rings. The molecule has 2 atom stereocenters. The van der Waals surface area contributed by atoms with Crippen molar-refractivity contribution in [1.29, 1.82) is 0 Å². The van der Waals surface area contributed by atoms with Crippen molar-refractivity contribution in [2.75, 3.05) is 19.7 Å². The molecular weight excluding hydrogens is 150 g/mol. The minimum Gasteiger partial charge on any atom is -0.396 e. The molecule has 1 heterocycles. The maximum absolute atomic E-state index is 8.96. The highest BCUT2D eigenvalue weighted by molar-refractivity contribution is 5.85. The monoisotopic (exact) mass is 165 g/mol. The zero-order chi connectivity index (χ0) is 6.91. The normalized spacial score (nSPS) is 39.3. The minimum atomic E-state index is 0. The molecule has 2 nitrogen and oxygen atoms in total. The lowest BCUT2D eigenvalue weighted by Crippen LogP contribution is -2.28. The van der Waals surface area contributed by atoms with Crippen LogP contribution in [-0.4, -0.2) is 24.8 Å². The van der Waals surface area contributed by atoms with E-state index in [-0.39, 0.29) is 17.8 Å². The first kappa shape index (κ1) is 10.2. The van der Waals surface area contributed by atoms with E-state index in [9.17, 15) is 0 Å². The Morgan fingerprint density at radius 2 is 2.30 bits per heavy atom. The van der Waals surface area contributed by atoms with Gasteiger partial charge in [0.2, 0.25) is 0 Å². The van der Waals surface area contributed by atoms with Crippen LogP contribution in [0.5, 0.6) is 0 Å². The molecule has 0 aromatic carbocycles. The topological polar surface area (TPSA) is 32.3 Å². The van der Waals surface area contributed by atoms with Gasteiger partial charge in [0.25, 0.3) is 0 Å². The van der Waals surface area contributed by atoms with E-state index in [0.29, 0.717) is 12.5 Å². The van der Waals surface area contributed by atoms with E-state index in [1.807, 2.05) is 0 Å². The number of rotatable bonds is 1. The Bertz CT molecular complexity index is 110. The third kappa shape index (κ3) is 1.62. The molecule has 0 unspecified atom stereocenters. The first-order valence-corrected chi connectivity index (χ1v) is 3.50. The summed E-state index contributed by atoms with van der Waals surface area (Å²) in [6.45, 7) is 6.62. The fraction of sp³-hybridized carbons (Fsp3) is 1.00. The highest BCUT2D eigenvalue weighted by atomic mass is 35.5. The molecule has 3 heteroatoms. The SMILES string of the molecule is C[C@H]1CNC[C@]1(C)CO.Cl. The lowest BCUT2D eigenvalue weighted by molar-refractivity contribution is 0.124. The summed E-state index contributed by atoms with van der Waals surface area (Å²) in [5.74, 6) is 0.613. The van der Waals surface area contributed by atoms with E-state index in [0.717, 1.165) is 13.1 Å². The van der Waals surface area contributed by atoms with Gasteiger partial charge in [-0.1, -0.05) is 13.8 Å². The molecule has 0 amide bonds. The van der Waals surface area contributed by atoms with Crippen molar-refractivity contribution in [3.05, 3.63) is 0 Å². The summed E-state index contributed by atoms with van der Waals surface area (Å²) in [5, 5.41) is 12.2. The Hall–Kier alpha value is 0.210. The third-order valence-electron chi connectivity index (χ3n) is 2.53. The predicted molar refractivity (Wildman–Crippen MR) is 44.5 cm³/mol. The lowest BCUT2D eigenvalue weighted by Gasteiger charge is -2.24. The van der Waals surface area contributed by atoms with Crippen molar-refractivity contribution in [1.82, 2.24) is 5.32 Å². The fourth-order valence-corrected chi connectivity index (χ4v) is 1.21. The Labute approximate surface area is 68.4 Å². The second-order valence-electron chi connectivity index (χ2n) is 3.34. The summed E-state index contributed by atoms with van der Waals surface area (Å²) in [5.41, 5.74) is 0.139. The molecule has 0 radical (unpaired) electrons. The van der Waals surface area contributed by atoms with Crippen LogP contribution in [0.2, 0.25) is 0 Å². The van der Waals surface area contributed by atoms with Crippen LogP contribution in [0.15, 0.2) is 0 Å². The summed E-state index contributed by atoms with van der Waals surface area (Å²) in [4.78, 5) is 0. The van der Waals surface area contributed by atoms with Crippen LogP contribution in [0.25, 0.3) is 0 Å². The summed E-state index contributed by atoms with van der Waals surface area (Å²) < 4.78 is 0. The van der Waals surface area contributed by atoms with Crippen LogP contribution in [0, 0.1) is 11.3 Å². The Morgan fingerprint density at radius 3 is 2.50 bits per heavy atom. The van der Waals surface area contributed by atoms with Crippen molar-refractivity contribution in [3.8, 4) is 0 Å². The Kier molecular flexibility index (Phi) is 3.63. The van der Waals surface area contributed by atoms with E-state index in [1.54, 1.807) is 0 Å². The summed E-state index contributed by atoms with van der Waals surface area (Å²) >= 11 is 0. The molecule has 10 heavy (non-hydrogen) atoms. The molecule has 1 fully saturated rings. The first-order chi connectivity index (χ1) is 4.19. The maximum Gasteiger partial charge on any atom is 0.0499 e. The molecule has 1 aliphatic rings. The maximum atomic E-state index is 8.96. The van der Waals surface area contributed by atoms with Crippen LogP contribution < -0.4 is 5.32 Å². The van der Waals surface area contributed by atoms with Crippen molar-refractivity contribution >= 4 is 12.4 Å². The van der Waals surface area contributed by atoms with Gasteiger partial charge in [-0.15, -0.1) is 12.4 Å². The largest absolute Gasteiger partial charge is 0.396 e. The molecule has 0 bridgehead atoms. The number of nitrogens with one attached hydrogen (secondary N) is 1. The highest BCUT2D eigenvalue weighted by Gasteiger charge is 2.34.